The van der Waals surface area contributed by atoms with E-state index in [0.717, 1.165) is 37.7 Å². The van der Waals surface area contributed by atoms with Crippen molar-refractivity contribution in [3.63, 3.8) is 0 Å². The van der Waals surface area contributed by atoms with Crippen LogP contribution in [0.3, 0.4) is 0 Å². The molecule has 1 unspecified atom stereocenters. The van der Waals surface area contributed by atoms with Gasteiger partial charge in [0.05, 0.1) is 18.3 Å². The minimum absolute atomic E-state index is 0.0273. The number of phenols is 1. The van der Waals surface area contributed by atoms with Crippen molar-refractivity contribution in [2.24, 2.45) is 16.9 Å². The van der Waals surface area contributed by atoms with Crippen LogP contribution in [0.2, 0.25) is 0 Å². The largest absolute Gasteiger partial charge is 0.508 e. The maximum absolute atomic E-state index is 14.6. The van der Waals surface area contributed by atoms with Crippen molar-refractivity contribution < 1.29 is 75.5 Å². The molecule has 5 aromatic rings. The second-order valence-corrected chi connectivity index (χ2v) is 27.9. The Hall–Kier alpha value is -10.3. The molecule has 1 aliphatic heterocycles. The molecule has 0 saturated carbocycles. The number of benzene rings is 4. The average molecular weight is 1460 g/mol. The van der Waals surface area contributed by atoms with Gasteiger partial charge in [0.2, 0.25) is 47.3 Å². The molecule has 1 aliphatic rings. The summed E-state index contributed by atoms with van der Waals surface area (Å²) < 4.78 is 43.9. The van der Waals surface area contributed by atoms with E-state index < -0.39 is 94.4 Å². The van der Waals surface area contributed by atoms with Gasteiger partial charge in [-0.1, -0.05) is 133 Å². The molecule has 0 spiro atoms. The van der Waals surface area contributed by atoms with Gasteiger partial charge in [0.1, 0.15) is 59.4 Å². The van der Waals surface area contributed by atoms with Crippen LogP contribution in [0.15, 0.2) is 131 Å². The fraction of sp³-hybridized carbons (Fsp3) is 0.467. The number of nitrogens with zero attached hydrogens (tertiary/aromatic N) is 3. The molecule has 6 atom stereocenters. The predicted molar refractivity (Wildman–Crippen MR) is 391 cm³/mol. The Labute approximate surface area is 608 Å². The number of amides is 9. The van der Waals surface area contributed by atoms with E-state index in [0.29, 0.717) is 68.3 Å². The molecule has 0 radical (unpaired) electrons. The average Bonchev–Trinajstić information content (AvgIpc) is 1.25. The van der Waals surface area contributed by atoms with E-state index in [1.807, 2.05) is 65.0 Å². The highest BCUT2D eigenvalue weighted by molar-refractivity contribution is 7.86. The van der Waals surface area contributed by atoms with E-state index in [-0.39, 0.29) is 103 Å². The van der Waals surface area contributed by atoms with Gasteiger partial charge in [-0.2, -0.15) is 13.5 Å². The number of anilines is 2. The quantitative estimate of drug-likeness (QED) is 0.00590. The van der Waals surface area contributed by atoms with Crippen LogP contribution in [0, 0.1) is 11.8 Å². The van der Waals surface area contributed by atoms with Gasteiger partial charge in [-0.05, 0) is 135 Å². The Morgan fingerprint density at radius 2 is 1.30 bits per heavy atom. The highest BCUT2D eigenvalue weighted by Crippen LogP contribution is 2.22. The van der Waals surface area contributed by atoms with Gasteiger partial charge >= 0.3 is 6.16 Å². The first-order chi connectivity index (χ1) is 49.7. The lowest BCUT2D eigenvalue weighted by Crippen LogP contribution is -2.58. The number of hydrogen-bond acceptors (Lipinski definition) is 18. The molecule has 11 N–H and O–H groups in total. The number of rotatable bonds is 42. The third kappa shape index (κ3) is 29.6. The summed E-state index contributed by atoms with van der Waals surface area (Å²) in [6, 6.07) is 25.3. The van der Waals surface area contributed by atoms with Gasteiger partial charge in [-0.25, -0.2) is 9.78 Å². The summed E-state index contributed by atoms with van der Waals surface area (Å²) in [5.74, 6) is -4.50. The van der Waals surface area contributed by atoms with Crippen molar-refractivity contribution in [2.75, 3.05) is 36.9 Å². The first kappa shape index (κ1) is 82.7. The van der Waals surface area contributed by atoms with Crippen molar-refractivity contribution >= 4 is 87.2 Å². The number of hydrogen-bond donors (Lipinski definition) is 11. The van der Waals surface area contributed by atoms with Crippen LogP contribution < -0.4 is 48.0 Å². The molecule has 104 heavy (non-hydrogen) atoms. The fourth-order valence-electron chi connectivity index (χ4n) is 11.6. The summed E-state index contributed by atoms with van der Waals surface area (Å²) in [4.78, 5) is 140. The lowest BCUT2D eigenvalue weighted by molar-refractivity contribution is -0.138. The second kappa shape index (κ2) is 43.0. The van der Waals surface area contributed by atoms with Crippen LogP contribution in [0.25, 0.3) is 0 Å². The van der Waals surface area contributed by atoms with Gasteiger partial charge in [0.25, 0.3) is 16.0 Å². The Morgan fingerprint density at radius 1 is 0.654 bits per heavy atom. The summed E-state index contributed by atoms with van der Waals surface area (Å²) in [5.41, 5.74) is 5.46. The number of pyridine rings is 1. The maximum Gasteiger partial charge on any atom is 0.508 e. The van der Waals surface area contributed by atoms with Crippen LogP contribution >= 0.6 is 0 Å². The van der Waals surface area contributed by atoms with Gasteiger partial charge in [-0.3, -0.25) is 53.1 Å². The minimum atomic E-state index is -4.45. The van der Waals surface area contributed by atoms with E-state index in [1.165, 1.54) is 66.7 Å². The Bertz CT molecular complexity index is 3790. The first-order valence-corrected chi connectivity index (χ1v) is 36.9. The summed E-state index contributed by atoms with van der Waals surface area (Å²) in [7, 11) is -4.45. The molecule has 28 nitrogen and oxygen atoms in total. The first-order valence-electron chi connectivity index (χ1n) is 35.4. The Kier molecular flexibility index (Phi) is 34.2. The SMILES string of the molecule is CCCCC(CCCCCCC(=O)NCCNC(=O)c1ccc(NN=Cc2ccccc2S(=O)(=O)O)nc1)OC(=O)OCc1ccc(NC(=O)[C@H](CC(C)C)NC(=O)[C@H](Cc2ccc(O)cc2)NC(=O)[C@H](CCc2ccccc2)NC(=O)CNC(=O)[C@H](CC(C)C)NC(=O)[C@@H]2CCCN2C(C)=O)cc1. The smallest absolute Gasteiger partial charge is 0.508 e. The zero-order valence-corrected chi connectivity index (χ0v) is 60.8. The summed E-state index contributed by atoms with van der Waals surface area (Å²) in [5, 5.41) is 36.2. The highest BCUT2D eigenvalue weighted by Gasteiger charge is 2.36. The molecule has 2 heterocycles. The van der Waals surface area contributed by atoms with Crippen LogP contribution in [-0.4, -0.2) is 156 Å². The summed E-state index contributed by atoms with van der Waals surface area (Å²) >= 11 is 0. The highest BCUT2D eigenvalue weighted by atomic mass is 32.2. The number of carbonyl (C=O) groups excluding carboxylic acids is 10. The standard InChI is InChI=1S/C75H100N12O16S/c1-7-8-22-59(23-14-9-10-15-26-67(90)76-39-40-77-69(92)56-32-38-66(78-45-56)86-80-46-55-21-16-17-25-65(55)104(99,100)101)103-75(98)102-48-54-27-33-57(34-28-54)81-72(95)62(43-50(4)5)83-73(96)63(44-53-29-35-58(89)36-30-53)84-71(94)60(37-31-52-19-12-11-13-20-52)82-68(91)47-79-70(93)61(42-49(2)3)85-74(97)64-24-18-41-87(64)51(6)88/h11-13,16-17,19-21,25,27-30,32-36,38,45-46,49-50,59-64,89H,7-10,14-15,18,22-24,26,31,37,39-44,47-48H2,1-6H3,(H,76,90)(H,77,92)(H,78,86)(H,79,93)(H,81,95)(H,82,91)(H,83,96)(H,84,94)(H,85,97)(H,99,100,101)/t59?,60-,61-,62-,63-,64-/m0/s1. The minimum Gasteiger partial charge on any atom is -0.508 e. The summed E-state index contributed by atoms with van der Waals surface area (Å²) in [6.45, 7) is 11.1. The van der Waals surface area contributed by atoms with E-state index in [9.17, 15) is 66.0 Å². The number of hydrazone groups is 1. The zero-order chi connectivity index (χ0) is 75.6. The molecule has 1 aromatic heterocycles. The van der Waals surface area contributed by atoms with Gasteiger partial charge < -0.3 is 62.0 Å². The zero-order valence-electron chi connectivity index (χ0n) is 60.0. The van der Waals surface area contributed by atoms with Gasteiger partial charge in [0.15, 0.2) is 0 Å². The number of aryl methyl sites for hydroxylation is 1. The normalized spacial score (nSPS) is 14.2. The monoisotopic (exact) mass is 1460 g/mol. The molecular formula is C75H100N12O16S. The van der Waals surface area contributed by atoms with Crippen molar-refractivity contribution in [3.05, 3.63) is 149 Å². The molecular weight excluding hydrogens is 1360 g/mol. The third-order valence-corrected chi connectivity index (χ3v) is 18.0. The predicted octanol–water partition coefficient (Wildman–Crippen LogP) is 7.55. The van der Waals surface area contributed by atoms with Crippen LogP contribution in [0.1, 0.15) is 164 Å². The molecule has 4 aromatic carbocycles. The maximum atomic E-state index is 14.6. The Morgan fingerprint density at radius 3 is 1.97 bits per heavy atom. The molecule has 1 fully saturated rings. The molecule has 562 valence electrons. The number of aromatic nitrogens is 1. The lowest BCUT2D eigenvalue weighted by Gasteiger charge is -2.27. The number of aromatic hydroxyl groups is 1. The summed E-state index contributed by atoms with van der Waals surface area (Å²) in [6.07, 6.45) is 9.43. The number of unbranched alkanes of at least 4 members (excludes halogenated alkanes) is 4. The third-order valence-electron chi connectivity index (χ3n) is 17.0. The lowest BCUT2D eigenvalue weighted by atomic mass is 10.00. The van der Waals surface area contributed by atoms with E-state index in [4.69, 9.17) is 9.47 Å². The molecule has 0 bridgehead atoms. The topological polar surface area (TPSA) is 401 Å². The molecule has 29 heteroatoms. The number of likely N-dealkylation sites (tertiary alicyclic amines) is 1. The van der Waals surface area contributed by atoms with Crippen molar-refractivity contribution in [1.29, 1.82) is 0 Å². The van der Waals surface area contributed by atoms with Crippen LogP contribution in [0.4, 0.5) is 16.3 Å². The molecule has 9 amide bonds. The van der Waals surface area contributed by atoms with E-state index >= 15 is 0 Å². The van der Waals surface area contributed by atoms with Crippen molar-refractivity contribution in [2.45, 2.75) is 192 Å². The molecule has 1 saturated heterocycles. The molecule has 6 rings (SSSR count). The fourth-order valence-corrected chi connectivity index (χ4v) is 12.2. The van der Waals surface area contributed by atoms with E-state index in [2.05, 4.69) is 58.0 Å². The molecule has 0 aliphatic carbocycles. The van der Waals surface area contributed by atoms with Crippen molar-refractivity contribution in [3.8, 4) is 5.75 Å². The van der Waals surface area contributed by atoms with Gasteiger partial charge in [-0.15, -0.1) is 0 Å². The number of carbonyl (C=O) groups is 10. The number of ether oxygens (including phenoxy) is 2. The van der Waals surface area contributed by atoms with Crippen LogP contribution in [-0.2, 0) is 77.4 Å². The van der Waals surface area contributed by atoms with Gasteiger partial charge in [0, 0.05) is 56.8 Å². The van der Waals surface area contributed by atoms with Crippen LogP contribution in [0.5, 0.6) is 5.75 Å². The number of nitrogens with one attached hydrogen (secondary N) is 9. The number of phenolic OH excluding ortho intramolecular Hbond substituents is 1. The Balaban J connectivity index is 0.949. The van der Waals surface area contributed by atoms with E-state index in [1.54, 1.807) is 42.5 Å². The van der Waals surface area contributed by atoms with Crippen molar-refractivity contribution in [1.82, 2.24) is 47.1 Å². The second-order valence-electron chi connectivity index (χ2n) is 26.5.